The van der Waals surface area contributed by atoms with Crippen molar-refractivity contribution in [1.82, 2.24) is 15.0 Å². The fourth-order valence-electron chi connectivity index (χ4n) is 1.36. The molecule has 100 valence electrons. The Kier molecular flexibility index (Phi) is 3.92. The highest BCUT2D eigenvalue weighted by molar-refractivity contribution is 6.43. The lowest BCUT2D eigenvalue weighted by atomic mass is 10.3. The van der Waals surface area contributed by atoms with Crippen LogP contribution in [0.25, 0.3) is 0 Å². The van der Waals surface area contributed by atoms with Crippen molar-refractivity contribution in [3.05, 3.63) is 28.2 Å². The first-order chi connectivity index (χ1) is 8.97. The number of hydrogen-bond donors (Lipinski definition) is 2. The van der Waals surface area contributed by atoms with Gasteiger partial charge in [-0.05, 0) is 12.1 Å². The van der Waals surface area contributed by atoms with Crippen LogP contribution in [0.5, 0.6) is 0 Å². The average molecular weight is 299 g/mol. The van der Waals surface area contributed by atoms with E-state index in [0.717, 1.165) is 0 Å². The smallest absolute Gasteiger partial charge is 0.233 e. The number of nitrogens with one attached hydrogen (secondary N) is 1. The highest BCUT2D eigenvalue weighted by Gasteiger charge is 2.09. The van der Waals surface area contributed by atoms with Gasteiger partial charge in [-0.3, -0.25) is 0 Å². The van der Waals surface area contributed by atoms with Crippen LogP contribution < -0.4 is 16.0 Å². The molecule has 0 atom stereocenters. The molecule has 1 aromatic carbocycles. The second-order valence-corrected chi connectivity index (χ2v) is 4.72. The number of hydrogen-bond acceptors (Lipinski definition) is 6. The summed E-state index contributed by atoms with van der Waals surface area (Å²) in [6.07, 6.45) is 0. The van der Waals surface area contributed by atoms with E-state index in [0.29, 0.717) is 27.6 Å². The van der Waals surface area contributed by atoms with Crippen LogP contribution >= 0.6 is 23.2 Å². The van der Waals surface area contributed by atoms with Crippen molar-refractivity contribution in [1.29, 1.82) is 0 Å². The first-order valence-corrected chi connectivity index (χ1v) is 6.13. The van der Waals surface area contributed by atoms with E-state index >= 15 is 0 Å². The number of nitrogens with zero attached hydrogens (tertiary/aromatic N) is 4. The maximum absolute atomic E-state index is 6.08. The Hall–Kier alpha value is -1.79. The maximum atomic E-state index is 6.08. The number of rotatable bonds is 3. The SMILES string of the molecule is CN(C)c1nc(N)nc(Nc2cccc(Cl)c2Cl)n1. The fourth-order valence-corrected chi connectivity index (χ4v) is 1.71. The summed E-state index contributed by atoms with van der Waals surface area (Å²) in [6.45, 7) is 0. The van der Waals surface area contributed by atoms with Gasteiger partial charge in [0.15, 0.2) is 0 Å². The molecule has 0 fully saturated rings. The first-order valence-electron chi connectivity index (χ1n) is 5.37. The van der Waals surface area contributed by atoms with Crippen LogP contribution in [0.15, 0.2) is 18.2 Å². The minimum atomic E-state index is 0.124. The Morgan fingerprint density at radius 2 is 1.89 bits per heavy atom. The number of anilines is 4. The molecule has 0 saturated carbocycles. The summed E-state index contributed by atoms with van der Waals surface area (Å²) in [5.74, 6) is 0.882. The van der Waals surface area contributed by atoms with Gasteiger partial charge >= 0.3 is 0 Å². The van der Waals surface area contributed by atoms with Crippen molar-refractivity contribution in [2.75, 3.05) is 30.0 Å². The molecule has 1 aromatic heterocycles. The van der Waals surface area contributed by atoms with Crippen LogP contribution in [0.3, 0.4) is 0 Å². The van der Waals surface area contributed by atoms with Gasteiger partial charge in [-0.2, -0.15) is 15.0 Å². The van der Waals surface area contributed by atoms with Gasteiger partial charge in [0, 0.05) is 14.1 Å². The molecule has 0 bridgehead atoms. The summed E-state index contributed by atoms with van der Waals surface area (Å²) in [4.78, 5) is 13.9. The van der Waals surface area contributed by atoms with Gasteiger partial charge in [-0.25, -0.2) is 0 Å². The maximum Gasteiger partial charge on any atom is 0.233 e. The van der Waals surface area contributed by atoms with E-state index in [1.165, 1.54) is 0 Å². The van der Waals surface area contributed by atoms with E-state index in [4.69, 9.17) is 28.9 Å². The van der Waals surface area contributed by atoms with E-state index in [9.17, 15) is 0 Å². The normalized spacial score (nSPS) is 10.3. The van der Waals surface area contributed by atoms with Crippen molar-refractivity contribution in [2.45, 2.75) is 0 Å². The Balaban J connectivity index is 2.35. The molecule has 8 heteroatoms. The number of halogens is 2. The summed E-state index contributed by atoms with van der Waals surface area (Å²) in [7, 11) is 3.62. The zero-order valence-electron chi connectivity index (χ0n) is 10.4. The van der Waals surface area contributed by atoms with Crippen molar-refractivity contribution < 1.29 is 0 Å². The Morgan fingerprint density at radius 3 is 2.58 bits per heavy atom. The molecule has 0 aliphatic rings. The Morgan fingerprint density at radius 1 is 1.16 bits per heavy atom. The van der Waals surface area contributed by atoms with Crippen LogP contribution in [0.4, 0.5) is 23.5 Å². The van der Waals surface area contributed by atoms with Gasteiger partial charge in [0.05, 0.1) is 15.7 Å². The highest BCUT2D eigenvalue weighted by atomic mass is 35.5. The molecule has 19 heavy (non-hydrogen) atoms. The molecule has 0 aliphatic heterocycles. The monoisotopic (exact) mass is 298 g/mol. The van der Waals surface area contributed by atoms with Gasteiger partial charge in [0.25, 0.3) is 0 Å². The van der Waals surface area contributed by atoms with Crippen molar-refractivity contribution in [2.24, 2.45) is 0 Å². The van der Waals surface area contributed by atoms with Gasteiger partial charge in [-0.1, -0.05) is 29.3 Å². The predicted octanol–water partition coefficient (Wildman–Crippen LogP) is 2.57. The van der Waals surface area contributed by atoms with Gasteiger partial charge in [0.2, 0.25) is 17.8 Å². The first kappa shape index (κ1) is 13.6. The van der Waals surface area contributed by atoms with Gasteiger partial charge in [0.1, 0.15) is 0 Å². The van der Waals surface area contributed by atoms with Crippen LogP contribution in [0, 0.1) is 0 Å². The standard InChI is InChI=1S/C11H12Cl2N6/c1-19(2)11-17-9(14)16-10(18-11)15-7-5-3-4-6(12)8(7)13/h3-5H,1-2H3,(H3,14,15,16,17,18). The summed E-state index contributed by atoms with van der Waals surface area (Å²) < 4.78 is 0. The lowest BCUT2D eigenvalue weighted by Crippen LogP contribution is -2.15. The minimum absolute atomic E-state index is 0.124. The largest absolute Gasteiger partial charge is 0.368 e. The van der Waals surface area contributed by atoms with Crippen LogP contribution in [0.2, 0.25) is 10.0 Å². The molecule has 3 N–H and O–H groups in total. The molecule has 6 nitrogen and oxygen atoms in total. The zero-order valence-corrected chi connectivity index (χ0v) is 11.9. The highest BCUT2D eigenvalue weighted by Crippen LogP contribution is 2.31. The topological polar surface area (TPSA) is 80.0 Å². The van der Waals surface area contributed by atoms with E-state index in [-0.39, 0.29) is 5.95 Å². The third kappa shape index (κ3) is 3.15. The predicted molar refractivity (Wildman–Crippen MR) is 78.3 cm³/mol. The van der Waals surface area contributed by atoms with Gasteiger partial charge < -0.3 is 16.0 Å². The molecule has 0 saturated heterocycles. The summed E-state index contributed by atoms with van der Waals surface area (Å²) in [5.41, 5.74) is 6.23. The zero-order chi connectivity index (χ0) is 14.0. The quantitative estimate of drug-likeness (QED) is 0.906. The third-order valence-corrected chi connectivity index (χ3v) is 3.06. The number of nitrogen functional groups attached to an aromatic ring is 1. The van der Waals surface area contributed by atoms with Crippen LogP contribution in [0.1, 0.15) is 0 Å². The lowest BCUT2D eigenvalue weighted by Gasteiger charge is -2.13. The molecular formula is C11H12Cl2N6. The molecule has 0 radical (unpaired) electrons. The molecule has 0 amide bonds. The van der Waals surface area contributed by atoms with E-state index < -0.39 is 0 Å². The Bertz CT molecular complexity index is 602. The van der Waals surface area contributed by atoms with Crippen molar-refractivity contribution in [3.63, 3.8) is 0 Å². The summed E-state index contributed by atoms with van der Waals surface area (Å²) >= 11 is 12.0. The molecule has 0 spiro atoms. The van der Waals surface area contributed by atoms with Crippen LogP contribution in [-0.2, 0) is 0 Å². The van der Waals surface area contributed by atoms with Crippen molar-refractivity contribution in [3.8, 4) is 0 Å². The lowest BCUT2D eigenvalue weighted by molar-refractivity contribution is 0.969. The van der Waals surface area contributed by atoms with E-state index in [2.05, 4.69) is 20.3 Å². The minimum Gasteiger partial charge on any atom is -0.368 e. The van der Waals surface area contributed by atoms with Crippen molar-refractivity contribution >= 4 is 46.7 Å². The second kappa shape index (κ2) is 5.46. The van der Waals surface area contributed by atoms with Crippen LogP contribution in [-0.4, -0.2) is 29.0 Å². The molecule has 2 aromatic rings. The molecule has 2 rings (SSSR count). The third-order valence-electron chi connectivity index (χ3n) is 2.24. The molecular weight excluding hydrogens is 287 g/mol. The summed E-state index contributed by atoms with van der Waals surface area (Å²) in [5, 5.41) is 3.81. The number of aromatic nitrogens is 3. The summed E-state index contributed by atoms with van der Waals surface area (Å²) in [6, 6.07) is 5.24. The molecule has 1 heterocycles. The molecule has 0 aliphatic carbocycles. The number of nitrogens with two attached hydrogens (primary N) is 1. The average Bonchev–Trinajstić information content (AvgIpc) is 2.34. The fraction of sp³-hybridized carbons (Fsp3) is 0.182. The van der Waals surface area contributed by atoms with Gasteiger partial charge in [-0.15, -0.1) is 0 Å². The van der Waals surface area contributed by atoms with E-state index in [1.807, 2.05) is 14.1 Å². The van der Waals surface area contributed by atoms with E-state index in [1.54, 1.807) is 23.1 Å². The molecule has 0 unspecified atom stereocenters. The second-order valence-electron chi connectivity index (χ2n) is 3.94. The number of benzene rings is 1. The Labute approximate surface area is 120 Å².